The topological polar surface area (TPSA) is 56.0 Å². The van der Waals surface area contributed by atoms with Crippen LogP contribution < -0.4 is 5.73 Å². The number of nitrogens with two attached hydrogens (primary N) is 1. The lowest BCUT2D eigenvalue weighted by Crippen LogP contribution is -2.09. The van der Waals surface area contributed by atoms with Gasteiger partial charge in [0.05, 0.1) is 5.78 Å². The van der Waals surface area contributed by atoms with Crippen molar-refractivity contribution in [2.75, 3.05) is 13.3 Å². The summed E-state index contributed by atoms with van der Waals surface area (Å²) in [6.45, 7) is 3.37. The normalized spacial score (nSPS) is 12.2. The summed E-state index contributed by atoms with van der Waals surface area (Å²) in [5, 5.41) is 0. The molecule has 0 amide bonds. The molecular formula is C8H15Cl2N2OP. The Morgan fingerprint density at radius 3 is 2.36 bits per heavy atom. The first kappa shape index (κ1) is 16.4. The SMILES string of the molecule is CP(C)(=O)[C@@H](N)c1cccnc1.Cl.Cl. The number of rotatable bonds is 2. The highest BCUT2D eigenvalue weighted by Crippen LogP contribution is 2.48. The van der Waals surface area contributed by atoms with Crippen molar-refractivity contribution in [2.24, 2.45) is 5.73 Å². The molecule has 0 aliphatic heterocycles. The van der Waals surface area contributed by atoms with Gasteiger partial charge in [-0.25, -0.2) is 0 Å². The fraction of sp³-hybridized carbons (Fsp3) is 0.375. The summed E-state index contributed by atoms with van der Waals surface area (Å²) < 4.78 is 11.6. The van der Waals surface area contributed by atoms with Gasteiger partial charge >= 0.3 is 0 Å². The molecule has 0 bridgehead atoms. The van der Waals surface area contributed by atoms with Crippen molar-refractivity contribution in [1.82, 2.24) is 4.98 Å². The van der Waals surface area contributed by atoms with E-state index in [0.717, 1.165) is 5.56 Å². The average molecular weight is 257 g/mol. The number of nitrogens with zero attached hydrogens (tertiary/aromatic N) is 1. The summed E-state index contributed by atoms with van der Waals surface area (Å²) in [6.07, 6.45) is 3.33. The lowest BCUT2D eigenvalue weighted by molar-refractivity contribution is 0.574. The van der Waals surface area contributed by atoms with Gasteiger partial charge in [0.25, 0.3) is 0 Å². The second-order valence-corrected chi connectivity index (χ2v) is 6.59. The van der Waals surface area contributed by atoms with Gasteiger partial charge in [-0.3, -0.25) is 4.98 Å². The maximum absolute atomic E-state index is 11.6. The van der Waals surface area contributed by atoms with E-state index in [2.05, 4.69) is 4.98 Å². The second kappa shape index (κ2) is 6.41. The molecule has 14 heavy (non-hydrogen) atoms. The van der Waals surface area contributed by atoms with Gasteiger partial charge in [0.1, 0.15) is 7.14 Å². The molecule has 0 saturated carbocycles. The molecule has 0 spiro atoms. The van der Waals surface area contributed by atoms with Crippen LogP contribution in [-0.2, 0) is 4.57 Å². The zero-order chi connectivity index (χ0) is 9.19. The summed E-state index contributed by atoms with van der Waals surface area (Å²) in [4.78, 5) is 3.92. The van der Waals surface area contributed by atoms with Crippen LogP contribution in [0.15, 0.2) is 24.5 Å². The van der Waals surface area contributed by atoms with Crippen molar-refractivity contribution < 1.29 is 4.57 Å². The highest BCUT2D eigenvalue weighted by Gasteiger charge is 2.19. The van der Waals surface area contributed by atoms with Crippen LogP contribution >= 0.6 is 32.0 Å². The van der Waals surface area contributed by atoms with E-state index in [4.69, 9.17) is 5.73 Å². The summed E-state index contributed by atoms with van der Waals surface area (Å²) in [5.74, 6) is -0.383. The zero-order valence-electron chi connectivity index (χ0n) is 8.08. The standard InChI is InChI=1S/C8H13N2OP.2ClH/c1-12(2,11)8(9)7-4-3-5-10-6-7;;/h3-6,8H,9H2,1-2H3;2*1H/t8-;;/m1../s1. The molecule has 6 heteroatoms. The van der Waals surface area contributed by atoms with E-state index in [1.807, 2.05) is 6.07 Å². The summed E-state index contributed by atoms with van der Waals surface area (Å²) in [7, 11) is -2.24. The molecule has 82 valence electrons. The maximum Gasteiger partial charge on any atom is 0.102 e. The van der Waals surface area contributed by atoms with Crippen molar-refractivity contribution >= 4 is 32.0 Å². The predicted octanol–water partition coefficient (Wildman–Crippen LogP) is 2.51. The molecule has 1 heterocycles. The van der Waals surface area contributed by atoms with E-state index in [1.54, 1.807) is 31.8 Å². The molecule has 0 saturated heterocycles. The maximum atomic E-state index is 11.6. The van der Waals surface area contributed by atoms with Gasteiger partial charge in [0.15, 0.2) is 0 Å². The molecule has 0 aromatic carbocycles. The predicted molar refractivity (Wildman–Crippen MR) is 65.1 cm³/mol. The van der Waals surface area contributed by atoms with Gasteiger partial charge in [-0.05, 0) is 25.0 Å². The van der Waals surface area contributed by atoms with Crippen LogP contribution in [0.4, 0.5) is 0 Å². The molecular weight excluding hydrogens is 242 g/mol. The van der Waals surface area contributed by atoms with E-state index in [1.165, 1.54) is 0 Å². The highest BCUT2D eigenvalue weighted by molar-refractivity contribution is 7.62. The first-order valence-corrected chi connectivity index (χ1v) is 6.39. The molecule has 0 aliphatic carbocycles. The van der Waals surface area contributed by atoms with Gasteiger partial charge in [-0.1, -0.05) is 6.07 Å². The Morgan fingerprint density at radius 1 is 1.43 bits per heavy atom. The van der Waals surface area contributed by atoms with Gasteiger partial charge in [-0.15, -0.1) is 24.8 Å². The number of halogens is 2. The van der Waals surface area contributed by atoms with Gasteiger partial charge < -0.3 is 10.3 Å². The molecule has 1 rings (SSSR count). The monoisotopic (exact) mass is 256 g/mol. The minimum absolute atomic E-state index is 0. The summed E-state index contributed by atoms with van der Waals surface area (Å²) >= 11 is 0. The third kappa shape index (κ3) is 4.43. The van der Waals surface area contributed by atoms with Crippen LogP contribution in [0, 0.1) is 0 Å². The van der Waals surface area contributed by atoms with Crippen molar-refractivity contribution in [3.8, 4) is 0 Å². The first-order chi connectivity index (χ1) is 5.52. The van der Waals surface area contributed by atoms with Gasteiger partial charge in [-0.2, -0.15) is 0 Å². The minimum Gasteiger partial charge on any atom is -0.322 e. The molecule has 0 aliphatic rings. The molecule has 1 aromatic rings. The lowest BCUT2D eigenvalue weighted by Gasteiger charge is -2.15. The Bertz CT molecular complexity index is 301. The Hall–Kier alpha value is -0.0800. The zero-order valence-corrected chi connectivity index (χ0v) is 10.6. The van der Waals surface area contributed by atoms with Crippen molar-refractivity contribution in [3.63, 3.8) is 0 Å². The number of hydrogen-bond acceptors (Lipinski definition) is 3. The number of pyridine rings is 1. The van der Waals surface area contributed by atoms with E-state index in [-0.39, 0.29) is 30.6 Å². The Kier molecular flexibility index (Phi) is 7.49. The van der Waals surface area contributed by atoms with Crippen molar-refractivity contribution in [3.05, 3.63) is 30.1 Å². The lowest BCUT2D eigenvalue weighted by atomic mass is 10.3. The first-order valence-electron chi connectivity index (χ1n) is 3.72. The molecule has 2 N–H and O–H groups in total. The van der Waals surface area contributed by atoms with E-state index in [0.29, 0.717) is 0 Å². The third-order valence-corrected chi connectivity index (χ3v) is 3.33. The fourth-order valence-corrected chi connectivity index (χ4v) is 1.78. The van der Waals surface area contributed by atoms with Crippen LogP contribution in [0.2, 0.25) is 0 Å². The van der Waals surface area contributed by atoms with E-state index >= 15 is 0 Å². The smallest absolute Gasteiger partial charge is 0.102 e. The van der Waals surface area contributed by atoms with Crippen LogP contribution in [-0.4, -0.2) is 18.3 Å². The summed E-state index contributed by atoms with van der Waals surface area (Å²) in [5.41, 5.74) is 6.61. The van der Waals surface area contributed by atoms with Crippen molar-refractivity contribution in [1.29, 1.82) is 0 Å². The molecule has 3 nitrogen and oxygen atoms in total. The Morgan fingerprint density at radius 2 is 2.00 bits per heavy atom. The molecule has 0 fully saturated rings. The quantitative estimate of drug-likeness (QED) is 0.828. The average Bonchev–Trinajstić information content (AvgIpc) is 2.03. The van der Waals surface area contributed by atoms with Crippen LogP contribution in [0.1, 0.15) is 11.3 Å². The van der Waals surface area contributed by atoms with E-state index in [9.17, 15) is 4.57 Å². The van der Waals surface area contributed by atoms with E-state index < -0.39 is 7.14 Å². The molecule has 0 unspecified atom stereocenters. The van der Waals surface area contributed by atoms with Crippen LogP contribution in [0.25, 0.3) is 0 Å². The number of hydrogen-bond donors (Lipinski definition) is 1. The number of aromatic nitrogens is 1. The largest absolute Gasteiger partial charge is 0.322 e. The summed E-state index contributed by atoms with van der Waals surface area (Å²) in [6, 6.07) is 3.64. The highest BCUT2D eigenvalue weighted by atomic mass is 35.5. The fourth-order valence-electron chi connectivity index (χ4n) is 0.910. The minimum atomic E-state index is -2.24. The van der Waals surface area contributed by atoms with Gasteiger partial charge in [0, 0.05) is 12.4 Å². The van der Waals surface area contributed by atoms with Gasteiger partial charge in [0.2, 0.25) is 0 Å². The second-order valence-electron chi connectivity index (χ2n) is 3.17. The Labute approximate surface area is 96.7 Å². The molecule has 1 atom stereocenters. The Balaban J connectivity index is 0. The molecule has 1 aromatic heterocycles. The van der Waals surface area contributed by atoms with Crippen LogP contribution in [0.3, 0.4) is 0 Å². The third-order valence-electron chi connectivity index (χ3n) is 1.70. The van der Waals surface area contributed by atoms with Crippen molar-refractivity contribution in [2.45, 2.75) is 5.78 Å². The van der Waals surface area contributed by atoms with Crippen LogP contribution in [0.5, 0.6) is 0 Å². The molecule has 0 radical (unpaired) electrons.